The van der Waals surface area contributed by atoms with Crippen molar-refractivity contribution in [2.45, 2.75) is 27.7 Å². The molecule has 0 amide bonds. The summed E-state index contributed by atoms with van der Waals surface area (Å²) in [6.07, 6.45) is 3.87. The normalized spacial score (nSPS) is 11.4. The van der Waals surface area contributed by atoms with Gasteiger partial charge in [-0.1, -0.05) is 85.3 Å². The maximum absolute atomic E-state index is 6.90. The number of fused-ring (bicyclic) bond motifs is 10. The molecule has 0 aliphatic rings. The molecule has 4 nitrogen and oxygen atoms in total. The number of rotatable bonds is 3. The fourth-order valence-electron chi connectivity index (χ4n) is 7.80. The van der Waals surface area contributed by atoms with Gasteiger partial charge in [-0.3, -0.25) is 0 Å². The Bertz CT molecular complexity index is 3250. The van der Waals surface area contributed by atoms with Gasteiger partial charge in [0, 0.05) is 70.4 Å². The molecule has 0 aliphatic heterocycles. The first-order chi connectivity index (χ1) is 27.4. The van der Waals surface area contributed by atoms with Crippen molar-refractivity contribution in [3.8, 4) is 33.6 Å². The second-order valence-corrected chi connectivity index (χ2v) is 14.6. The van der Waals surface area contributed by atoms with Crippen molar-refractivity contribution in [1.82, 2.24) is 9.97 Å². The minimum absolute atomic E-state index is 0. The first-order valence-corrected chi connectivity index (χ1v) is 18.9. The monoisotopic (exact) mass is 913 g/mol. The molecule has 0 N–H and O–H groups in total. The summed E-state index contributed by atoms with van der Waals surface area (Å²) in [5, 5.41) is 8.77. The van der Waals surface area contributed by atoms with Gasteiger partial charge in [0.2, 0.25) is 0 Å². The summed E-state index contributed by atoms with van der Waals surface area (Å²) in [7, 11) is 0. The van der Waals surface area contributed by atoms with Crippen molar-refractivity contribution in [3.63, 3.8) is 0 Å². The van der Waals surface area contributed by atoms with Gasteiger partial charge in [-0.05, 0) is 77.8 Å². The molecule has 4 aromatic heterocycles. The maximum Gasteiger partial charge on any atom is 0.144 e. The molecule has 0 unspecified atom stereocenters. The van der Waals surface area contributed by atoms with Crippen LogP contribution in [0.25, 0.3) is 99.1 Å². The van der Waals surface area contributed by atoms with E-state index < -0.39 is 0 Å². The number of aryl methyl sites for hydroxylation is 4. The summed E-state index contributed by atoms with van der Waals surface area (Å²) >= 11 is 0. The molecule has 277 valence electrons. The molecule has 0 atom stereocenters. The van der Waals surface area contributed by atoms with Crippen LogP contribution in [0.1, 0.15) is 22.3 Å². The van der Waals surface area contributed by atoms with Crippen LogP contribution in [-0.2, 0) is 20.1 Å². The topological polar surface area (TPSA) is 52.1 Å². The molecule has 0 spiro atoms. The van der Waals surface area contributed by atoms with Crippen LogP contribution < -0.4 is 0 Å². The largest absolute Gasteiger partial charge is 0.455 e. The molecule has 57 heavy (non-hydrogen) atoms. The molecule has 0 saturated heterocycles. The van der Waals surface area contributed by atoms with Crippen LogP contribution in [0.15, 0.2) is 155 Å². The van der Waals surface area contributed by atoms with E-state index in [9.17, 15) is 0 Å². The van der Waals surface area contributed by atoms with Crippen LogP contribution in [0.4, 0.5) is 0 Å². The van der Waals surface area contributed by atoms with Crippen molar-refractivity contribution >= 4 is 65.4 Å². The summed E-state index contributed by atoms with van der Waals surface area (Å²) in [6, 6.07) is 52.6. The summed E-state index contributed by atoms with van der Waals surface area (Å²) in [5.74, 6) is 0. The summed E-state index contributed by atoms with van der Waals surface area (Å²) < 4.78 is 13.6. The third-order valence-electron chi connectivity index (χ3n) is 11.0. The standard InChI is InChI=1S/C38H22NO2.C14H14N.Ir/c1-22-21-39-32(25-11-3-2-4-12-25)19-30(22)35-34-29-18-16-24-10-6-8-14-27(24)37(29)40-33(34)20-31-28-17-15-23-9-5-7-13-26(23)36(28)41-38(31)35;1-10-4-6-13(7-5-10)14-8-11(2)12(3)9-15-14;/h2-11,13-21H,1H3;4-6,8-9H,1-3H3;/q2*-1;. The Labute approximate surface area is 344 Å². The van der Waals surface area contributed by atoms with Gasteiger partial charge in [0.1, 0.15) is 22.3 Å². The van der Waals surface area contributed by atoms with Gasteiger partial charge in [-0.25, -0.2) is 0 Å². The van der Waals surface area contributed by atoms with Gasteiger partial charge in [0.05, 0.1) is 0 Å². The van der Waals surface area contributed by atoms with E-state index >= 15 is 0 Å². The summed E-state index contributed by atoms with van der Waals surface area (Å²) in [5.41, 5.74) is 14.3. The van der Waals surface area contributed by atoms with Gasteiger partial charge in [0.25, 0.3) is 0 Å². The molecule has 11 rings (SSSR count). The fourth-order valence-corrected chi connectivity index (χ4v) is 7.80. The molecule has 1 radical (unpaired) electrons. The number of aromatic nitrogens is 2. The third-order valence-corrected chi connectivity index (χ3v) is 11.0. The SMILES string of the molecule is Cc1c[c-]c(-c2cc(C)c(C)cn2)cc1.Cc1cnc(-c2[c-]cccc2)cc1-c1c2oc3c4ccccc4ccc3c2cc2oc3c4ccccc4ccc3c12.[Ir]. The van der Waals surface area contributed by atoms with E-state index in [0.717, 1.165) is 105 Å². The van der Waals surface area contributed by atoms with Crippen LogP contribution >= 0.6 is 0 Å². The average molecular weight is 913 g/mol. The fraction of sp³-hybridized carbons (Fsp3) is 0.0769. The number of hydrogen-bond donors (Lipinski definition) is 0. The minimum atomic E-state index is 0. The molecule has 7 aromatic carbocycles. The van der Waals surface area contributed by atoms with Crippen LogP contribution in [0.2, 0.25) is 0 Å². The first-order valence-electron chi connectivity index (χ1n) is 18.9. The molecule has 0 aliphatic carbocycles. The molecule has 11 aromatic rings. The molecule has 0 bridgehead atoms. The zero-order chi connectivity index (χ0) is 37.9. The van der Waals surface area contributed by atoms with E-state index in [1.54, 1.807) is 0 Å². The maximum atomic E-state index is 6.90. The van der Waals surface area contributed by atoms with Gasteiger partial charge in [-0.2, -0.15) is 0 Å². The second kappa shape index (κ2) is 14.6. The number of pyridine rings is 2. The zero-order valence-corrected chi connectivity index (χ0v) is 34.3. The molecule has 0 fully saturated rings. The van der Waals surface area contributed by atoms with E-state index in [1.807, 2.05) is 42.7 Å². The molecular weight excluding hydrogens is 877 g/mol. The van der Waals surface area contributed by atoms with E-state index in [0.29, 0.717) is 0 Å². The third kappa shape index (κ3) is 6.30. The minimum Gasteiger partial charge on any atom is -0.455 e. The predicted octanol–water partition coefficient (Wildman–Crippen LogP) is 14.1. The number of furan rings is 2. The van der Waals surface area contributed by atoms with Crippen molar-refractivity contribution in [2.24, 2.45) is 0 Å². The predicted molar refractivity (Wildman–Crippen MR) is 231 cm³/mol. The Morgan fingerprint density at radius 2 is 1.14 bits per heavy atom. The summed E-state index contributed by atoms with van der Waals surface area (Å²) in [6.45, 7) is 8.36. The van der Waals surface area contributed by atoms with Crippen LogP contribution in [-0.4, -0.2) is 9.97 Å². The Morgan fingerprint density at radius 3 is 1.82 bits per heavy atom. The van der Waals surface area contributed by atoms with Crippen molar-refractivity contribution in [2.75, 3.05) is 0 Å². The van der Waals surface area contributed by atoms with Gasteiger partial charge in [0.15, 0.2) is 0 Å². The number of nitrogens with zero attached hydrogens (tertiary/aromatic N) is 2. The second-order valence-electron chi connectivity index (χ2n) is 14.6. The first kappa shape index (κ1) is 36.3. The molecular formula is C52H36IrN2O2-2. The van der Waals surface area contributed by atoms with Crippen LogP contribution in [0, 0.1) is 39.8 Å². The average Bonchev–Trinajstić information content (AvgIpc) is 3.81. The zero-order valence-electron chi connectivity index (χ0n) is 31.9. The van der Waals surface area contributed by atoms with Crippen molar-refractivity contribution < 1.29 is 28.9 Å². The molecule has 0 saturated carbocycles. The van der Waals surface area contributed by atoms with E-state index in [2.05, 4.69) is 148 Å². The molecule has 5 heteroatoms. The van der Waals surface area contributed by atoms with Gasteiger partial charge >= 0.3 is 0 Å². The number of hydrogen-bond acceptors (Lipinski definition) is 4. The van der Waals surface area contributed by atoms with Crippen molar-refractivity contribution in [3.05, 3.63) is 180 Å². The Kier molecular flexibility index (Phi) is 9.29. The van der Waals surface area contributed by atoms with Crippen molar-refractivity contribution in [1.29, 1.82) is 0 Å². The number of benzene rings is 7. The van der Waals surface area contributed by atoms with Gasteiger partial charge < -0.3 is 18.8 Å². The molecule has 4 heterocycles. The van der Waals surface area contributed by atoms with E-state index in [1.165, 1.54) is 16.7 Å². The van der Waals surface area contributed by atoms with E-state index in [-0.39, 0.29) is 20.1 Å². The van der Waals surface area contributed by atoms with Crippen LogP contribution in [0.3, 0.4) is 0 Å². The Hall–Kier alpha value is -6.39. The van der Waals surface area contributed by atoms with Crippen LogP contribution in [0.5, 0.6) is 0 Å². The summed E-state index contributed by atoms with van der Waals surface area (Å²) in [4.78, 5) is 9.19. The Morgan fingerprint density at radius 1 is 0.491 bits per heavy atom. The van der Waals surface area contributed by atoms with Gasteiger partial charge in [-0.15, -0.1) is 71.3 Å². The Balaban J connectivity index is 0.000000224. The smallest absolute Gasteiger partial charge is 0.144 e. The van der Waals surface area contributed by atoms with E-state index in [4.69, 9.17) is 13.8 Å². The quantitative estimate of drug-likeness (QED) is 0.166.